The van der Waals surface area contributed by atoms with E-state index in [4.69, 9.17) is 0 Å². The first kappa shape index (κ1) is 15.1. The molecule has 126 valence electrons. The molecule has 0 radical (unpaired) electrons. The number of hydrogen-bond donors (Lipinski definition) is 0. The molecule has 2 aliphatic rings. The summed E-state index contributed by atoms with van der Waals surface area (Å²) in [7, 11) is 0. The molecule has 7 nitrogen and oxygen atoms in total. The quantitative estimate of drug-likeness (QED) is 0.834. The minimum atomic E-state index is -0.0450. The second-order valence-corrected chi connectivity index (χ2v) is 6.30. The van der Waals surface area contributed by atoms with Gasteiger partial charge in [-0.25, -0.2) is 14.6 Å². The van der Waals surface area contributed by atoms with Gasteiger partial charge in [0.05, 0.1) is 0 Å². The summed E-state index contributed by atoms with van der Waals surface area (Å²) in [4.78, 5) is 25.2. The molecular formula is C17H22N6O. The lowest BCUT2D eigenvalue weighted by atomic mass is 10.2. The highest BCUT2D eigenvalue weighted by Gasteiger charge is 2.24. The van der Waals surface area contributed by atoms with Gasteiger partial charge in [0.25, 0.3) is 5.56 Å². The molecule has 24 heavy (non-hydrogen) atoms. The number of aromatic nitrogens is 4. The van der Waals surface area contributed by atoms with E-state index in [1.165, 1.54) is 22.4 Å². The Kier molecular flexibility index (Phi) is 3.92. The Morgan fingerprint density at radius 2 is 1.83 bits per heavy atom. The lowest BCUT2D eigenvalue weighted by Gasteiger charge is -2.36. The van der Waals surface area contributed by atoms with Gasteiger partial charge in [0.2, 0.25) is 0 Å². The van der Waals surface area contributed by atoms with Crippen LogP contribution in [0.2, 0.25) is 0 Å². The number of hydrogen-bond acceptors (Lipinski definition) is 6. The van der Waals surface area contributed by atoms with E-state index in [1.54, 1.807) is 12.4 Å². The van der Waals surface area contributed by atoms with Crippen molar-refractivity contribution < 1.29 is 0 Å². The molecule has 1 saturated heterocycles. The van der Waals surface area contributed by atoms with Gasteiger partial charge >= 0.3 is 0 Å². The summed E-state index contributed by atoms with van der Waals surface area (Å²) in [5, 5.41) is 4.46. The Morgan fingerprint density at radius 1 is 1.04 bits per heavy atom. The summed E-state index contributed by atoms with van der Waals surface area (Å²) >= 11 is 0. The molecule has 1 fully saturated rings. The zero-order valence-electron chi connectivity index (χ0n) is 14.0. The summed E-state index contributed by atoms with van der Waals surface area (Å²) in [5.41, 5.74) is 2.51. The standard InChI is InChI=1S/C17H22N6O/c1-2-23-16(24)7-6-15(20-23)21-8-10-22(11-9-21)17-13-4-3-5-14(13)18-12-19-17/h6-7,12H,2-5,8-11H2,1H3. The topological polar surface area (TPSA) is 67.2 Å². The fourth-order valence-corrected chi connectivity index (χ4v) is 3.60. The maximum Gasteiger partial charge on any atom is 0.266 e. The molecule has 2 aromatic rings. The van der Waals surface area contributed by atoms with Gasteiger partial charge in [0.1, 0.15) is 18.0 Å². The lowest BCUT2D eigenvalue weighted by Crippen LogP contribution is -2.47. The van der Waals surface area contributed by atoms with Crippen LogP contribution in [-0.2, 0) is 19.4 Å². The third-order valence-corrected chi connectivity index (χ3v) is 4.91. The molecule has 2 aromatic heterocycles. The van der Waals surface area contributed by atoms with Crippen LogP contribution in [0.3, 0.4) is 0 Å². The zero-order valence-corrected chi connectivity index (χ0v) is 14.0. The molecule has 3 heterocycles. The van der Waals surface area contributed by atoms with Gasteiger partial charge in [0.15, 0.2) is 0 Å². The maximum absolute atomic E-state index is 11.7. The van der Waals surface area contributed by atoms with Crippen molar-refractivity contribution in [1.82, 2.24) is 19.7 Å². The molecule has 0 N–H and O–H groups in total. The molecular weight excluding hydrogens is 304 g/mol. The van der Waals surface area contributed by atoms with Crippen LogP contribution in [0.5, 0.6) is 0 Å². The Labute approximate surface area is 140 Å². The molecule has 0 aromatic carbocycles. The monoisotopic (exact) mass is 326 g/mol. The first-order valence-corrected chi connectivity index (χ1v) is 8.67. The van der Waals surface area contributed by atoms with Gasteiger partial charge in [-0.1, -0.05) is 0 Å². The maximum atomic E-state index is 11.7. The van der Waals surface area contributed by atoms with E-state index in [2.05, 4.69) is 24.9 Å². The Morgan fingerprint density at radius 3 is 2.62 bits per heavy atom. The van der Waals surface area contributed by atoms with Crippen LogP contribution >= 0.6 is 0 Å². The van der Waals surface area contributed by atoms with Gasteiger partial charge < -0.3 is 9.80 Å². The van der Waals surface area contributed by atoms with E-state index >= 15 is 0 Å². The molecule has 0 atom stereocenters. The molecule has 1 aliphatic carbocycles. The van der Waals surface area contributed by atoms with Crippen LogP contribution in [0, 0.1) is 0 Å². The summed E-state index contributed by atoms with van der Waals surface area (Å²) in [6, 6.07) is 3.43. The second kappa shape index (κ2) is 6.22. The van der Waals surface area contributed by atoms with Gasteiger partial charge in [-0.05, 0) is 32.3 Å². The van der Waals surface area contributed by atoms with Crippen molar-refractivity contribution in [3.63, 3.8) is 0 Å². The highest BCUT2D eigenvalue weighted by molar-refractivity contribution is 5.52. The largest absolute Gasteiger partial charge is 0.353 e. The van der Waals surface area contributed by atoms with E-state index in [1.807, 2.05) is 13.0 Å². The number of aryl methyl sites for hydroxylation is 2. The van der Waals surface area contributed by atoms with Crippen LogP contribution in [0.25, 0.3) is 0 Å². The minimum Gasteiger partial charge on any atom is -0.353 e. The van der Waals surface area contributed by atoms with Crippen LogP contribution in [0.4, 0.5) is 11.6 Å². The van der Waals surface area contributed by atoms with Crippen molar-refractivity contribution in [3.8, 4) is 0 Å². The van der Waals surface area contributed by atoms with Crippen molar-refractivity contribution in [1.29, 1.82) is 0 Å². The van der Waals surface area contributed by atoms with Crippen molar-refractivity contribution in [2.24, 2.45) is 0 Å². The van der Waals surface area contributed by atoms with Crippen LogP contribution in [0.15, 0.2) is 23.3 Å². The highest BCUT2D eigenvalue weighted by Crippen LogP contribution is 2.28. The van der Waals surface area contributed by atoms with E-state index in [-0.39, 0.29) is 5.56 Å². The molecule has 1 aliphatic heterocycles. The first-order valence-electron chi connectivity index (χ1n) is 8.67. The van der Waals surface area contributed by atoms with Crippen molar-refractivity contribution in [2.75, 3.05) is 36.0 Å². The number of rotatable bonds is 3. The fourth-order valence-electron chi connectivity index (χ4n) is 3.60. The molecule has 0 amide bonds. The van der Waals surface area contributed by atoms with E-state index in [0.717, 1.165) is 50.7 Å². The van der Waals surface area contributed by atoms with Gasteiger partial charge in [-0.3, -0.25) is 4.79 Å². The predicted molar refractivity (Wildman–Crippen MR) is 92.7 cm³/mol. The number of fused-ring (bicyclic) bond motifs is 1. The van der Waals surface area contributed by atoms with Crippen LogP contribution < -0.4 is 15.4 Å². The van der Waals surface area contributed by atoms with Crippen LogP contribution in [0.1, 0.15) is 24.6 Å². The fraction of sp³-hybridized carbons (Fsp3) is 0.529. The Bertz CT molecular complexity index is 794. The molecule has 7 heteroatoms. The Hall–Kier alpha value is -2.44. The number of nitrogens with zero attached hydrogens (tertiary/aromatic N) is 6. The lowest BCUT2D eigenvalue weighted by molar-refractivity contribution is 0.586. The summed E-state index contributed by atoms with van der Waals surface area (Å²) in [6.07, 6.45) is 5.05. The summed E-state index contributed by atoms with van der Waals surface area (Å²) in [6.45, 7) is 6.12. The van der Waals surface area contributed by atoms with Gasteiger partial charge in [0, 0.05) is 50.0 Å². The predicted octanol–water partition coefficient (Wildman–Crippen LogP) is 0.868. The molecule has 0 bridgehead atoms. The van der Waals surface area contributed by atoms with E-state index in [0.29, 0.717) is 6.54 Å². The Balaban J connectivity index is 1.50. The average molecular weight is 326 g/mol. The highest BCUT2D eigenvalue weighted by atomic mass is 16.1. The van der Waals surface area contributed by atoms with Crippen molar-refractivity contribution in [3.05, 3.63) is 40.1 Å². The average Bonchev–Trinajstić information content (AvgIpc) is 3.11. The smallest absolute Gasteiger partial charge is 0.266 e. The number of piperazine rings is 1. The minimum absolute atomic E-state index is 0.0450. The number of anilines is 2. The SMILES string of the molecule is CCn1nc(N2CCN(c3ncnc4c3CCC4)CC2)ccc1=O. The summed E-state index contributed by atoms with van der Waals surface area (Å²) in [5.74, 6) is 1.99. The molecule has 0 unspecified atom stereocenters. The van der Waals surface area contributed by atoms with Gasteiger partial charge in [-0.2, -0.15) is 5.10 Å². The van der Waals surface area contributed by atoms with Crippen LogP contribution in [-0.4, -0.2) is 45.9 Å². The van der Waals surface area contributed by atoms with Crippen molar-refractivity contribution >= 4 is 11.6 Å². The van der Waals surface area contributed by atoms with Crippen molar-refractivity contribution in [2.45, 2.75) is 32.7 Å². The third-order valence-electron chi connectivity index (χ3n) is 4.91. The second-order valence-electron chi connectivity index (χ2n) is 6.30. The molecule has 0 saturated carbocycles. The third kappa shape index (κ3) is 2.64. The molecule has 0 spiro atoms. The van der Waals surface area contributed by atoms with E-state index < -0.39 is 0 Å². The summed E-state index contributed by atoms with van der Waals surface area (Å²) < 4.78 is 1.51. The van der Waals surface area contributed by atoms with Gasteiger partial charge in [-0.15, -0.1) is 0 Å². The molecule has 4 rings (SSSR count). The first-order chi connectivity index (χ1) is 11.8. The van der Waals surface area contributed by atoms with E-state index in [9.17, 15) is 4.79 Å². The zero-order chi connectivity index (χ0) is 16.5. The normalized spacial score (nSPS) is 17.2.